The molecule has 0 saturated heterocycles. The van der Waals surface area contributed by atoms with Crippen LogP contribution in [0.15, 0.2) is 54.6 Å². The van der Waals surface area contributed by atoms with Crippen LogP contribution in [0.25, 0.3) is 10.9 Å². The van der Waals surface area contributed by atoms with Gasteiger partial charge in [-0.25, -0.2) is 0 Å². The molecule has 27 heavy (non-hydrogen) atoms. The Morgan fingerprint density at radius 1 is 1.22 bits per heavy atom. The third-order valence-corrected chi connectivity index (χ3v) is 4.93. The van der Waals surface area contributed by atoms with Crippen LogP contribution in [-0.4, -0.2) is 35.0 Å². The SMILES string of the molecule is CC1CN(CCC(=O)NCc2cc3ccccc3[nH]2)Cc2ccccc2O1. The summed E-state index contributed by atoms with van der Waals surface area (Å²) in [5.74, 6) is 1.02. The molecule has 2 N–H and O–H groups in total. The summed E-state index contributed by atoms with van der Waals surface area (Å²) in [5.41, 5.74) is 3.30. The molecule has 0 bridgehead atoms. The van der Waals surface area contributed by atoms with Crippen molar-refractivity contribution in [1.29, 1.82) is 0 Å². The van der Waals surface area contributed by atoms with Gasteiger partial charge in [0.2, 0.25) is 5.91 Å². The molecule has 1 unspecified atom stereocenters. The Bertz CT molecular complexity index is 901. The number of ether oxygens (including phenoxy) is 1. The van der Waals surface area contributed by atoms with Gasteiger partial charge in [0, 0.05) is 42.8 Å². The second kappa shape index (κ2) is 7.84. The third kappa shape index (κ3) is 4.31. The van der Waals surface area contributed by atoms with E-state index >= 15 is 0 Å². The molecule has 0 aliphatic carbocycles. The van der Waals surface area contributed by atoms with Gasteiger partial charge in [0.05, 0.1) is 6.54 Å². The fraction of sp³-hybridized carbons (Fsp3) is 0.318. The lowest BCUT2D eigenvalue weighted by Crippen LogP contribution is -2.34. The minimum absolute atomic E-state index is 0.0692. The number of carbonyl (C=O) groups is 1. The molecule has 2 aromatic carbocycles. The van der Waals surface area contributed by atoms with Gasteiger partial charge >= 0.3 is 0 Å². The first kappa shape index (κ1) is 17.6. The number of nitrogens with zero attached hydrogens (tertiary/aromatic N) is 1. The number of aromatic amines is 1. The summed E-state index contributed by atoms with van der Waals surface area (Å²) in [6.45, 7) is 4.96. The average molecular weight is 363 g/mol. The smallest absolute Gasteiger partial charge is 0.221 e. The predicted octanol–water partition coefficient (Wildman–Crippen LogP) is 3.46. The predicted molar refractivity (Wildman–Crippen MR) is 107 cm³/mol. The van der Waals surface area contributed by atoms with Crippen molar-refractivity contribution in [2.75, 3.05) is 13.1 Å². The Balaban J connectivity index is 1.29. The van der Waals surface area contributed by atoms with Gasteiger partial charge in [0.1, 0.15) is 11.9 Å². The number of para-hydroxylation sites is 2. The van der Waals surface area contributed by atoms with E-state index in [0.717, 1.165) is 36.6 Å². The zero-order chi connectivity index (χ0) is 18.6. The highest BCUT2D eigenvalue weighted by atomic mass is 16.5. The van der Waals surface area contributed by atoms with Crippen LogP contribution in [0.1, 0.15) is 24.6 Å². The summed E-state index contributed by atoms with van der Waals surface area (Å²) in [6, 6.07) is 18.4. The fourth-order valence-electron chi connectivity index (χ4n) is 3.61. The molecule has 140 valence electrons. The van der Waals surface area contributed by atoms with E-state index in [9.17, 15) is 4.79 Å². The maximum atomic E-state index is 12.3. The minimum atomic E-state index is 0.0692. The van der Waals surface area contributed by atoms with Crippen molar-refractivity contribution in [3.05, 3.63) is 65.9 Å². The summed E-state index contributed by atoms with van der Waals surface area (Å²) >= 11 is 0. The van der Waals surface area contributed by atoms with Crippen LogP contribution in [0.4, 0.5) is 0 Å². The zero-order valence-corrected chi connectivity index (χ0v) is 15.6. The Morgan fingerprint density at radius 3 is 2.93 bits per heavy atom. The maximum Gasteiger partial charge on any atom is 0.221 e. The number of aromatic nitrogens is 1. The number of carbonyl (C=O) groups excluding carboxylic acids is 1. The van der Waals surface area contributed by atoms with E-state index < -0.39 is 0 Å². The standard InChI is InChI=1S/C22H25N3O2/c1-16-14-25(15-18-7-3-5-9-21(18)27-16)11-10-22(26)23-13-19-12-17-6-2-4-8-20(17)24-19/h2-9,12,16,24H,10-11,13-15H2,1H3,(H,23,26). The molecule has 1 aliphatic heterocycles. The van der Waals surface area contributed by atoms with Crippen LogP contribution in [0.2, 0.25) is 0 Å². The van der Waals surface area contributed by atoms with Gasteiger partial charge in [-0.15, -0.1) is 0 Å². The Morgan fingerprint density at radius 2 is 2.04 bits per heavy atom. The Kier molecular flexibility index (Phi) is 5.12. The summed E-state index contributed by atoms with van der Waals surface area (Å²) < 4.78 is 5.98. The average Bonchev–Trinajstić information content (AvgIpc) is 3.01. The lowest BCUT2D eigenvalue weighted by Gasteiger charge is -2.21. The summed E-state index contributed by atoms with van der Waals surface area (Å²) in [6.07, 6.45) is 0.595. The normalized spacial score (nSPS) is 17.1. The van der Waals surface area contributed by atoms with Gasteiger partial charge in [-0.2, -0.15) is 0 Å². The summed E-state index contributed by atoms with van der Waals surface area (Å²) in [4.78, 5) is 17.9. The largest absolute Gasteiger partial charge is 0.489 e. The number of nitrogens with one attached hydrogen (secondary N) is 2. The fourth-order valence-corrected chi connectivity index (χ4v) is 3.61. The van der Waals surface area contributed by atoms with Crippen molar-refractivity contribution in [2.24, 2.45) is 0 Å². The van der Waals surface area contributed by atoms with Gasteiger partial charge in [0.25, 0.3) is 0 Å². The highest BCUT2D eigenvalue weighted by Gasteiger charge is 2.20. The second-order valence-electron chi connectivity index (χ2n) is 7.18. The van der Waals surface area contributed by atoms with Crippen LogP contribution in [-0.2, 0) is 17.9 Å². The van der Waals surface area contributed by atoms with Crippen LogP contribution in [0.5, 0.6) is 5.75 Å². The topological polar surface area (TPSA) is 57.4 Å². The van der Waals surface area contributed by atoms with E-state index in [0.29, 0.717) is 13.0 Å². The maximum absolute atomic E-state index is 12.3. The van der Waals surface area contributed by atoms with Crippen molar-refractivity contribution in [2.45, 2.75) is 32.5 Å². The first-order chi connectivity index (χ1) is 13.2. The van der Waals surface area contributed by atoms with Crippen molar-refractivity contribution < 1.29 is 9.53 Å². The third-order valence-electron chi connectivity index (χ3n) is 4.93. The summed E-state index contributed by atoms with van der Waals surface area (Å²) in [7, 11) is 0. The lowest BCUT2D eigenvalue weighted by atomic mass is 10.2. The lowest BCUT2D eigenvalue weighted by molar-refractivity contribution is -0.121. The first-order valence-electron chi connectivity index (χ1n) is 9.47. The van der Waals surface area contributed by atoms with E-state index in [-0.39, 0.29) is 12.0 Å². The van der Waals surface area contributed by atoms with Crippen LogP contribution in [0, 0.1) is 0 Å². The van der Waals surface area contributed by atoms with Gasteiger partial charge in [-0.1, -0.05) is 36.4 Å². The molecule has 1 amide bonds. The monoisotopic (exact) mass is 363 g/mol. The van der Waals surface area contributed by atoms with Gasteiger partial charge < -0.3 is 15.0 Å². The van der Waals surface area contributed by atoms with Crippen molar-refractivity contribution >= 4 is 16.8 Å². The van der Waals surface area contributed by atoms with Gasteiger partial charge in [-0.3, -0.25) is 9.69 Å². The molecular formula is C22H25N3O2. The molecule has 0 saturated carbocycles. The van der Waals surface area contributed by atoms with E-state index in [2.05, 4.69) is 40.3 Å². The molecule has 0 spiro atoms. The number of hydrogen-bond acceptors (Lipinski definition) is 3. The van der Waals surface area contributed by atoms with E-state index in [1.54, 1.807) is 0 Å². The van der Waals surface area contributed by atoms with Crippen LogP contribution in [0.3, 0.4) is 0 Å². The Labute approximate surface area is 159 Å². The zero-order valence-electron chi connectivity index (χ0n) is 15.6. The van der Waals surface area contributed by atoms with Gasteiger partial charge in [0.15, 0.2) is 0 Å². The molecule has 1 atom stereocenters. The van der Waals surface area contributed by atoms with E-state index in [4.69, 9.17) is 4.74 Å². The summed E-state index contributed by atoms with van der Waals surface area (Å²) in [5, 5.41) is 4.18. The van der Waals surface area contributed by atoms with Crippen molar-refractivity contribution in [3.63, 3.8) is 0 Å². The van der Waals surface area contributed by atoms with Crippen LogP contribution >= 0.6 is 0 Å². The van der Waals surface area contributed by atoms with Crippen LogP contribution < -0.4 is 10.1 Å². The van der Waals surface area contributed by atoms with Crippen molar-refractivity contribution in [3.8, 4) is 5.75 Å². The number of hydrogen-bond donors (Lipinski definition) is 2. The number of fused-ring (bicyclic) bond motifs is 2. The molecule has 0 fully saturated rings. The van der Waals surface area contributed by atoms with Gasteiger partial charge in [-0.05, 0) is 30.5 Å². The number of H-pyrrole nitrogens is 1. The van der Waals surface area contributed by atoms with E-state index in [1.165, 1.54) is 10.9 Å². The molecule has 5 heteroatoms. The quantitative estimate of drug-likeness (QED) is 0.730. The number of benzene rings is 2. The van der Waals surface area contributed by atoms with Crippen molar-refractivity contribution in [1.82, 2.24) is 15.2 Å². The highest BCUT2D eigenvalue weighted by molar-refractivity contribution is 5.80. The first-order valence-corrected chi connectivity index (χ1v) is 9.47. The molecule has 4 rings (SSSR count). The molecular weight excluding hydrogens is 338 g/mol. The highest BCUT2D eigenvalue weighted by Crippen LogP contribution is 2.24. The molecule has 0 radical (unpaired) electrons. The Hall–Kier alpha value is -2.79. The second-order valence-corrected chi connectivity index (χ2v) is 7.18. The minimum Gasteiger partial charge on any atom is -0.489 e. The molecule has 1 aliphatic rings. The number of rotatable bonds is 5. The molecule has 5 nitrogen and oxygen atoms in total. The molecule has 3 aromatic rings. The number of amides is 1. The molecule has 2 heterocycles. The molecule has 1 aromatic heterocycles. The van der Waals surface area contributed by atoms with E-state index in [1.807, 2.05) is 36.4 Å².